The summed E-state index contributed by atoms with van der Waals surface area (Å²) in [6.45, 7) is 4.51. The van der Waals surface area contributed by atoms with Gasteiger partial charge in [0.1, 0.15) is 0 Å². The minimum Gasteiger partial charge on any atom is -0.342 e. The number of nitrogens with two attached hydrogens (primary N) is 1. The lowest BCUT2D eigenvalue weighted by Crippen LogP contribution is -2.39. The van der Waals surface area contributed by atoms with E-state index in [-0.39, 0.29) is 24.4 Å². The van der Waals surface area contributed by atoms with Crippen LogP contribution in [-0.4, -0.2) is 30.4 Å². The topological polar surface area (TPSA) is 46.3 Å². The molecule has 0 heterocycles. The molecular weight excluding hydrogens is 328 g/mol. The molecule has 0 aliphatic heterocycles. The Morgan fingerprint density at radius 2 is 2.11 bits per heavy atom. The maximum atomic E-state index is 11.9. The van der Waals surface area contributed by atoms with Crippen LogP contribution >= 0.6 is 28.3 Å². The van der Waals surface area contributed by atoms with Gasteiger partial charge in [0.05, 0.1) is 0 Å². The molecule has 1 amide bonds. The van der Waals surface area contributed by atoms with Crippen LogP contribution in [0.4, 0.5) is 0 Å². The molecule has 0 fully saturated rings. The first-order chi connectivity index (χ1) is 8.45. The maximum absolute atomic E-state index is 11.9. The second-order valence-electron chi connectivity index (χ2n) is 4.67. The average molecular weight is 350 g/mol. The number of carbonyl (C=O) groups excluding carboxylic acids is 1. The average Bonchev–Trinajstić information content (AvgIpc) is 2.37. The molecule has 0 aromatic heterocycles. The highest BCUT2D eigenvalue weighted by atomic mass is 79.9. The van der Waals surface area contributed by atoms with Gasteiger partial charge in [-0.25, -0.2) is 0 Å². The summed E-state index contributed by atoms with van der Waals surface area (Å²) >= 11 is 3.47. The normalized spacial score (nSPS) is 11.6. The van der Waals surface area contributed by atoms with Crippen LogP contribution in [-0.2, 0) is 11.2 Å². The fourth-order valence-corrected chi connectivity index (χ4v) is 1.94. The van der Waals surface area contributed by atoms with Gasteiger partial charge in [-0.1, -0.05) is 28.1 Å². The molecule has 0 aliphatic carbocycles. The SMILES string of the molecule is Cc1cc(CCC(=O)N(C)C(C)CN)ccc1Br.Cl. The van der Waals surface area contributed by atoms with E-state index in [1.165, 1.54) is 11.1 Å². The van der Waals surface area contributed by atoms with E-state index >= 15 is 0 Å². The maximum Gasteiger partial charge on any atom is 0.222 e. The van der Waals surface area contributed by atoms with Crippen molar-refractivity contribution < 1.29 is 4.79 Å². The van der Waals surface area contributed by atoms with E-state index in [4.69, 9.17) is 5.73 Å². The Hall–Kier alpha value is -0.580. The fourth-order valence-electron chi connectivity index (χ4n) is 1.69. The van der Waals surface area contributed by atoms with E-state index in [2.05, 4.69) is 35.0 Å². The third kappa shape index (κ3) is 5.51. The second kappa shape index (κ2) is 8.56. The number of hydrogen-bond acceptors (Lipinski definition) is 2. The van der Waals surface area contributed by atoms with Crippen molar-refractivity contribution in [2.24, 2.45) is 5.73 Å². The third-order valence-electron chi connectivity index (χ3n) is 3.25. The van der Waals surface area contributed by atoms with E-state index in [0.29, 0.717) is 13.0 Å². The Bertz CT molecular complexity index is 426. The predicted molar refractivity (Wildman–Crippen MR) is 85.7 cm³/mol. The van der Waals surface area contributed by atoms with Gasteiger partial charge in [-0.05, 0) is 37.5 Å². The summed E-state index contributed by atoms with van der Waals surface area (Å²) < 4.78 is 1.10. The Morgan fingerprint density at radius 1 is 1.47 bits per heavy atom. The lowest BCUT2D eigenvalue weighted by Gasteiger charge is -2.23. The molecule has 3 nitrogen and oxygen atoms in total. The Balaban J connectivity index is 0.00000324. The monoisotopic (exact) mass is 348 g/mol. The summed E-state index contributed by atoms with van der Waals surface area (Å²) in [4.78, 5) is 13.7. The molecule has 1 unspecified atom stereocenters. The molecule has 1 aromatic carbocycles. The number of rotatable bonds is 5. The number of likely N-dealkylation sites (N-methyl/N-ethyl adjacent to an activating group) is 1. The highest BCUT2D eigenvalue weighted by Gasteiger charge is 2.13. The molecule has 0 spiro atoms. The van der Waals surface area contributed by atoms with Gasteiger partial charge in [0.15, 0.2) is 0 Å². The molecule has 5 heteroatoms. The van der Waals surface area contributed by atoms with Crippen LogP contribution in [0, 0.1) is 6.92 Å². The van der Waals surface area contributed by atoms with Crippen LogP contribution < -0.4 is 5.73 Å². The molecular formula is C14H22BrClN2O. The zero-order chi connectivity index (χ0) is 13.7. The summed E-state index contributed by atoms with van der Waals surface area (Å²) in [6.07, 6.45) is 1.30. The van der Waals surface area contributed by atoms with Crippen LogP contribution in [0.15, 0.2) is 22.7 Å². The number of benzene rings is 1. The van der Waals surface area contributed by atoms with Crippen molar-refractivity contribution in [3.63, 3.8) is 0 Å². The summed E-state index contributed by atoms with van der Waals surface area (Å²) in [5.41, 5.74) is 7.95. The van der Waals surface area contributed by atoms with E-state index in [1.807, 2.05) is 20.0 Å². The highest BCUT2D eigenvalue weighted by Crippen LogP contribution is 2.18. The number of amides is 1. The van der Waals surface area contributed by atoms with Gasteiger partial charge in [-0.2, -0.15) is 0 Å². The van der Waals surface area contributed by atoms with Crippen LogP contribution in [0.3, 0.4) is 0 Å². The number of aryl methyl sites for hydroxylation is 2. The van der Waals surface area contributed by atoms with Gasteiger partial charge in [-0.15, -0.1) is 12.4 Å². The summed E-state index contributed by atoms with van der Waals surface area (Å²) in [5, 5.41) is 0. The summed E-state index contributed by atoms with van der Waals surface area (Å²) in [5.74, 6) is 0.147. The Kier molecular flexibility index (Phi) is 8.30. The first-order valence-corrected chi connectivity index (χ1v) is 6.95. The second-order valence-corrected chi connectivity index (χ2v) is 5.53. The van der Waals surface area contributed by atoms with Crippen LogP contribution in [0.1, 0.15) is 24.5 Å². The van der Waals surface area contributed by atoms with Crippen molar-refractivity contribution >= 4 is 34.2 Å². The van der Waals surface area contributed by atoms with Crippen molar-refractivity contribution in [2.75, 3.05) is 13.6 Å². The van der Waals surface area contributed by atoms with E-state index in [1.54, 1.807) is 4.90 Å². The fraction of sp³-hybridized carbons (Fsp3) is 0.500. The zero-order valence-corrected chi connectivity index (χ0v) is 14.1. The largest absolute Gasteiger partial charge is 0.342 e. The highest BCUT2D eigenvalue weighted by molar-refractivity contribution is 9.10. The number of halogens is 2. The molecule has 0 bridgehead atoms. The van der Waals surface area contributed by atoms with Crippen molar-refractivity contribution in [3.05, 3.63) is 33.8 Å². The molecule has 0 saturated heterocycles. The molecule has 0 radical (unpaired) electrons. The van der Waals surface area contributed by atoms with Crippen molar-refractivity contribution in [1.82, 2.24) is 4.90 Å². The van der Waals surface area contributed by atoms with Gasteiger partial charge in [0, 0.05) is 30.5 Å². The smallest absolute Gasteiger partial charge is 0.222 e. The van der Waals surface area contributed by atoms with Crippen LogP contribution in [0.2, 0.25) is 0 Å². The van der Waals surface area contributed by atoms with Gasteiger partial charge < -0.3 is 10.6 Å². The quantitative estimate of drug-likeness (QED) is 0.888. The number of carbonyl (C=O) groups is 1. The van der Waals surface area contributed by atoms with Crippen molar-refractivity contribution in [3.8, 4) is 0 Å². The molecule has 1 rings (SSSR count). The Morgan fingerprint density at radius 3 is 2.63 bits per heavy atom. The standard InChI is InChI=1S/C14H21BrN2O.ClH/c1-10-8-12(4-6-13(10)15)5-7-14(18)17(3)11(2)9-16;/h4,6,8,11H,5,7,9,16H2,1-3H3;1H. The third-order valence-corrected chi connectivity index (χ3v) is 4.14. The van der Waals surface area contributed by atoms with Crippen LogP contribution in [0.5, 0.6) is 0 Å². The van der Waals surface area contributed by atoms with E-state index < -0.39 is 0 Å². The zero-order valence-electron chi connectivity index (χ0n) is 11.6. The van der Waals surface area contributed by atoms with Gasteiger partial charge in [-0.3, -0.25) is 4.79 Å². The lowest BCUT2D eigenvalue weighted by atomic mass is 10.1. The van der Waals surface area contributed by atoms with E-state index in [9.17, 15) is 4.79 Å². The van der Waals surface area contributed by atoms with Crippen molar-refractivity contribution in [2.45, 2.75) is 32.7 Å². The van der Waals surface area contributed by atoms with Gasteiger partial charge >= 0.3 is 0 Å². The van der Waals surface area contributed by atoms with Gasteiger partial charge in [0.25, 0.3) is 0 Å². The molecule has 108 valence electrons. The van der Waals surface area contributed by atoms with E-state index in [0.717, 1.165) is 10.9 Å². The number of nitrogens with zero attached hydrogens (tertiary/aromatic N) is 1. The summed E-state index contributed by atoms with van der Waals surface area (Å²) in [7, 11) is 1.81. The molecule has 1 atom stereocenters. The Labute approximate surface area is 130 Å². The van der Waals surface area contributed by atoms with Crippen LogP contribution in [0.25, 0.3) is 0 Å². The molecule has 0 aliphatic rings. The summed E-state index contributed by atoms with van der Waals surface area (Å²) in [6, 6.07) is 6.30. The molecule has 2 N–H and O–H groups in total. The van der Waals surface area contributed by atoms with Gasteiger partial charge in [0.2, 0.25) is 5.91 Å². The first-order valence-electron chi connectivity index (χ1n) is 6.16. The van der Waals surface area contributed by atoms with Crippen molar-refractivity contribution in [1.29, 1.82) is 0 Å². The minimum atomic E-state index is 0. The predicted octanol–water partition coefficient (Wildman–Crippen LogP) is 2.92. The first kappa shape index (κ1) is 18.4. The lowest BCUT2D eigenvalue weighted by molar-refractivity contribution is -0.131. The minimum absolute atomic E-state index is 0. The molecule has 0 saturated carbocycles. The molecule has 1 aromatic rings. The number of hydrogen-bond donors (Lipinski definition) is 1. The molecule has 19 heavy (non-hydrogen) atoms.